The van der Waals surface area contributed by atoms with Gasteiger partial charge in [0.2, 0.25) is 11.0 Å². The molecule has 1 aromatic heterocycles. The molecule has 6 heteroatoms. The minimum atomic E-state index is -0.232. The monoisotopic (exact) mass is 316 g/mol. The van der Waals surface area contributed by atoms with Gasteiger partial charge in [-0.15, -0.1) is 0 Å². The first-order valence-corrected chi connectivity index (χ1v) is 8.33. The highest BCUT2D eigenvalue weighted by Crippen LogP contribution is 2.31. The van der Waals surface area contributed by atoms with Gasteiger partial charge in [-0.05, 0) is 24.5 Å². The summed E-state index contributed by atoms with van der Waals surface area (Å²) in [6, 6.07) is 7.72. The number of hydrogen-bond acceptors (Lipinski definition) is 5. The summed E-state index contributed by atoms with van der Waals surface area (Å²) in [5.74, 6) is 1.02. The van der Waals surface area contributed by atoms with Crippen LogP contribution in [0.2, 0.25) is 0 Å². The van der Waals surface area contributed by atoms with Crippen molar-refractivity contribution in [2.24, 2.45) is 5.92 Å². The highest BCUT2D eigenvalue weighted by atomic mass is 32.1. The Kier molecular flexibility index (Phi) is 4.11. The van der Waals surface area contributed by atoms with E-state index in [0.29, 0.717) is 6.54 Å². The molecule has 0 fully saturated rings. The number of aromatic nitrogens is 2. The van der Waals surface area contributed by atoms with Crippen molar-refractivity contribution in [1.29, 1.82) is 0 Å². The van der Waals surface area contributed by atoms with Crippen LogP contribution in [0.5, 0.6) is 0 Å². The summed E-state index contributed by atoms with van der Waals surface area (Å²) >= 11 is 1.36. The van der Waals surface area contributed by atoms with Gasteiger partial charge < -0.3 is 10.2 Å². The Labute approximate surface area is 134 Å². The first kappa shape index (κ1) is 15.0. The number of fused-ring (bicyclic) bond motifs is 1. The Morgan fingerprint density at radius 3 is 2.91 bits per heavy atom. The van der Waals surface area contributed by atoms with E-state index in [4.69, 9.17) is 0 Å². The molecule has 2 heterocycles. The SMILES string of the molecule is CC[C@H](C)[C@H]1C(=O)Nc2ccccc2CN1c1nc(C)ns1. The van der Waals surface area contributed by atoms with E-state index in [1.165, 1.54) is 11.5 Å². The molecule has 116 valence electrons. The third-order valence-corrected chi connectivity index (χ3v) is 5.01. The third kappa shape index (κ3) is 2.70. The Bertz CT molecular complexity index is 684. The average Bonchev–Trinajstić information content (AvgIpc) is 2.87. The van der Waals surface area contributed by atoms with E-state index in [9.17, 15) is 4.79 Å². The Balaban J connectivity index is 2.06. The molecule has 1 amide bonds. The average molecular weight is 316 g/mol. The maximum atomic E-state index is 12.8. The summed E-state index contributed by atoms with van der Waals surface area (Å²) in [4.78, 5) is 19.4. The van der Waals surface area contributed by atoms with Crippen molar-refractivity contribution in [3.8, 4) is 0 Å². The zero-order chi connectivity index (χ0) is 15.7. The molecule has 0 bridgehead atoms. The normalized spacial score (nSPS) is 19.3. The lowest BCUT2D eigenvalue weighted by Gasteiger charge is -2.31. The fourth-order valence-corrected chi connectivity index (χ4v) is 3.50. The molecule has 0 saturated carbocycles. The lowest BCUT2D eigenvalue weighted by atomic mass is 9.97. The van der Waals surface area contributed by atoms with Crippen LogP contribution in [0.15, 0.2) is 24.3 Å². The molecule has 0 radical (unpaired) electrons. The summed E-state index contributed by atoms with van der Waals surface area (Å²) < 4.78 is 4.28. The van der Waals surface area contributed by atoms with Gasteiger partial charge in [0.15, 0.2) is 0 Å². The van der Waals surface area contributed by atoms with E-state index in [0.717, 1.165) is 28.6 Å². The first-order valence-electron chi connectivity index (χ1n) is 7.56. The minimum Gasteiger partial charge on any atom is -0.330 e. The van der Waals surface area contributed by atoms with Crippen LogP contribution in [0, 0.1) is 12.8 Å². The van der Waals surface area contributed by atoms with E-state index >= 15 is 0 Å². The fraction of sp³-hybridized carbons (Fsp3) is 0.438. The number of amides is 1. The molecular formula is C16H20N4OS. The Morgan fingerprint density at radius 2 is 2.23 bits per heavy atom. The second-order valence-corrected chi connectivity index (χ2v) is 6.46. The summed E-state index contributed by atoms with van der Waals surface area (Å²) in [6.45, 7) is 6.77. The molecule has 0 aliphatic carbocycles. The van der Waals surface area contributed by atoms with E-state index in [-0.39, 0.29) is 17.9 Å². The second kappa shape index (κ2) is 6.04. The maximum Gasteiger partial charge on any atom is 0.247 e. The van der Waals surface area contributed by atoms with Crippen LogP contribution in [0.3, 0.4) is 0 Å². The van der Waals surface area contributed by atoms with Gasteiger partial charge in [0.1, 0.15) is 11.9 Å². The lowest BCUT2D eigenvalue weighted by molar-refractivity contribution is -0.118. The molecule has 1 N–H and O–H groups in total. The molecule has 1 aliphatic heterocycles. The quantitative estimate of drug-likeness (QED) is 0.944. The molecule has 1 aromatic carbocycles. The van der Waals surface area contributed by atoms with Gasteiger partial charge in [0.05, 0.1) is 0 Å². The van der Waals surface area contributed by atoms with Gasteiger partial charge in [0.25, 0.3) is 0 Å². The number of anilines is 2. The molecule has 3 rings (SSSR count). The van der Waals surface area contributed by atoms with Gasteiger partial charge in [-0.25, -0.2) is 4.98 Å². The number of benzene rings is 1. The van der Waals surface area contributed by atoms with Crippen molar-refractivity contribution in [1.82, 2.24) is 9.36 Å². The smallest absolute Gasteiger partial charge is 0.247 e. The second-order valence-electron chi connectivity index (χ2n) is 5.73. The molecule has 1 aliphatic rings. The van der Waals surface area contributed by atoms with Crippen molar-refractivity contribution in [2.45, 2.75) is 39.8 Å². The minimum absolute atomic E-state index is 0.0344. The number of hydrogen-bond donors (Lipinski definition) is 1. The van der Waals surface area contributed by atoms with E-state index in [1.54, 1.807) is 0 Å². The molecule has 0 saturated heterocycles. The maximum absolute atomic E-state index is 12.8. The number of aryl methyl sites for hydroxylation is 1. The molecule has 22 heavy (non-hydrogen) atoms. The molecule has 0 unspecified atom stereocenters. The van der Waals surface area contributed by atoms with Crippen LogP contribution in [-0.2, 0) is 11.3 Å². The van der Waals surface area contributed by atoms with Gasteiger partial charge in [0, 0.05) is 23.8 Å². The molecule has 0 spiro atoms. The predicted molar refractivity (Wildman–Crippen MR) is 89.1 cm³/mol. The van der Waals surface area contributed by atoms with E-state index in [2.05, 4.69) is 39.5 Å². The predicted octanol–water partition coefficient (Wildman–Crippen LogP) is 3.22. The number of nitrogens with one attached hydrogen (secondary N) is 1. The Hall–Kier alpha value is -1.95. The number of carbonyl (C=O) groups is 1. The van der Waals surface area contributed by atoms with Crippen LogP contribution >= 0.6 is 11.5 Å². The van der Waals surface area contributed by atoms with Crippen molar-refractivity contribution in [2.75, 3.05) is 10.2 Å². The number of carbonyl (C=O) groups excluding carboxylic acids is 1. The van der Waals surface area contributed by atoms with Gasteiger partial charge >= 0.3 is 0 Å². The summed E-state index contributed by atoms with van der Waals surface area (Å²) in [5, 5.41) is 3.88. The highest BCUT2D eigenvalue weighted by molar-refractivity contribution is 7.09. The van der Waals surface area contributed by atoms with Crippen LogP contribution in [0.25, 0.3) is 0 Å². The van der Waals surface area contributed by atoms with Gasteiger partial charge in [-0.3, -0.25) is 4.79 Å². The fourth-order valence-electron chi connectivity index (χ4n) is 2.79. The van der Waals surface area contributed by atoms with Crippen molar-refractivity contribution >= 4 is 28.3 Å². The van der Waals surface area contributed by atoms with Crippen LogP contribution < -0.4 is 10.2 Å². The van der Waals surface area contributed by atoms with Crippen molar-refractivity contribution in [3.63, 3.8) is 0 Å². The largest absolute Gasteiger partial charge is 0.330 e. The summed E-state index contributed by atoms with van der Waals surface area (Å²) in [6.07, 6.45) is 0.933. The van der Waals surface area contributed by atoms with Crippen molar-refractivity contribution in [3.05, 3.63) is 35.7 Å². The Morgan fingerprint density at radius 1 is 1.45 bits per heavy atom. The van der Waals surface area contributed by atoms with E-state index < -0.39 is 0 Å². The lowest BCUT2D eigenvalue weighted by Crippen LogP contribution is -2.46. The molecule has 2 aromatic rings. The summed E-state index contributed by atoms with van der Waals surface area (Å²) in [7, 11) is 0. The number of nitrogens with zero attached hydrogens (tertiary/aromatic N) is 3. The number of para-hydroxylation sites is 1. The molecule has 2 atom stereocenters. The van der Waals surface area contributed by atoms with Gasteiger partial charge in [-0.1, -0.05) is 38.5 Å². The summed E-state index contributed by atoms with van der Waals surface area (Å²) in [5.41, 5.74) is 2.00. The van der Waals surface area contributed by atoms with Crippen LogP contribution in [0.4, 0.5) is 10.8 Å². The third-order valence-electron chi connectivity index (χ3n) is 4.17. The van der Waals surface area contributed by atoms with E-state index in [1.807, 2.05) is 25.1 Å². The topological polar surface area (TPSA) is 58.1 Å². The zero-order valence-corrected chi connectivity index (χ0v) is 13.9. The zero-order valence-electron chi connectivity index (χ0n) is 13.0. The highest BCUT2D eigenvalue weighted by Gasteiger charge is 2.35. The molecule has 5 nitrogen and oxygen atoms in total. The van der Waals surface area contributed by atoms with Crippen LogP contribution in [-0.4, -0.2) is 21.3 Å². The number of rotatable bonds is 3. The van der Waals surface area contributed by atoms with Crippen LogP contribution in [0.1, 0.15) is 31.7 Å². The standard InChI is InChI=1S/C16H20N4OS/c1-4-10(2)14-15(21)18-13-8-6-5-7-12(13)9-20(14)16-17-11(3)19-22-16/h5-8,10,14H,4,9H2,1-3H3,(H,18,21)/t10-,14-/m0/s1. The van der Waals surface area contributed by atoms with Crippen molar-refractivity contribution < 1.29 is 4.79 Å². The van der Waals surface area contributed by atoms with Gasteiger partial charge in [-0.2, -0.15) is 4.37 Å². The molecular weight excluding hydrogens is 296 g/mol. The first-order chi connectivity index (χ1) is 10.6.